The number of carbonyl (C=O) groups excluding carboxylic acids is 1. The first-order valence-electron chi connectivity index (χ1n) is 23.0. The molecule has 3 fully saturated rings. The lowest BCUT2D eigenvalue weighted by atomic mass is 9.94. The van der Waals surface area contributed by atoms with E-state index in [9.17, 15) is 67.5 Å². The van der Waals surface area contributed by atoms with E-state index in [4.69, 9.17) is 54.2 Å². The van der Waals surface area contributed by atoms with Crippen molar-refractivity contribution in [2.75, 3.05) is 58.2 Å². The van der Waals surface area contributed by atoms with Crippen LogP contribution in [0.1, 0.15) is 25.1 Å². The number of anilines is 3. The minimum Gasteiger partial charge on any atom is -0.756 e. The van der Waals surface area contributed by atoms with Gasteiger partial charge in [-0.05, 0) is 0 Å². The molecule has 4 unspecified atom stereocenters. The Labute approximate surface area is 445 Å². The number of H-pyrrole nitrogens is 2. The highest BCUT2D eigenvalue weighted by molar-refractivity contribution is 7.66. The van der Waals surface area contributed by atoms with Crippen LogP contribution < -0.4 is 37.8 Å². The molecule has 16 atom stereocenters. The number of aromatic nitrogens is 12. The number of hydrogen-bond donors (Lipinski definition) is 11. The number of nitrogens with zero attached hydrogens (tertiary/aromatic N) is 11. The van der Waals surface area contributed by atoms with Gasteiger partial charge in [0, 0.05) is 33.5 Å². The molecule has 6 aromatic rings. The van der Waals surface area contributed by atoms with Gasteiger partial charge in [-0.15, -0.1) is 0 Å². The van der Waals surface area contributed by atoms with Gasteiger partial charge >= 0.3 is 29.1 Å². The second-order valence-corrected chi connectivity index (χ2v) is 24.1. The molecule has 3 aliphatic rings. The van der Waals surface area contributed by atoms with E-state index in [1.165, 1.54) is 46.1 Å². The molecular weight excluding hydrogens is 1160 g/mol. The Balaban J connectivity index is 0.879. The zero-order chi connectivity index (χ0) is 58.1. The van der Waals surface area contributed by atoms with Crippen molar-refractivity contribution in [1.29, 1.82) is 0 Å². The van der Waals surface area contributed by atoms with Gasteiger partial charge in [0.2, 0.25) is 23.6 Å². The zero-order valence-corrected chi connectivity index (χ0v) is 45.1. The van der Waals surface area contributed by atoms with Crippen LogP contribution >= 0.6 is 31.3 Å². The first-order chi connectivity index (χ1) is 37.5. The summed E-state index contributed by atoms with van der Waals surface area (Å²) in [6.07, 6.45) is -14.3. The molecule has 14 N–H and O–H groups in total. The van der Waals surface area contributed by atoms with E-state index in [1.807, 2.05) is 0 Å². The third-order valence-electron chi connectivity index (χ3n) is 12.6. The van der Waals surface area contributed by atoms with Crippen molar-refractivity contribution < 1.29 is 108 Å². The van der Waals surface area contributed by atoms with Crippen LogP contribution in [0, 0.1) is 5.92 Å². The number of phosphoric ester groups is 3. The van der Waals surface area contributed by atoms with Gasteiger partial charge in [-0.2, -0.15) is 13.6 Å². The highest BCUT2D eigenvalue weighted by Crippen LogP contribution is 2.68. The van der Waals surface area contributed by atoms with Gasteiger partial charge in [0.1, 0.15) is 54.6 Å². The molecule has 438 valence electrons. The molecule has 44 heteroatoms. The maximum absolute atomic E-state index is 13.6. The highest BCUT2D eigenvalue weighted by Gasteiger charge is 2.53. The number of phosphoric acid groups is 4. The third kappa shape index (κ3) is 12.0. The van der Waals surface area contributed by atoms with E-state index in [1.54, 1.807) is 0 Å². The summed E-state index contributed by atoms with van der Waals surface area (Å²) >= 11 is 0. The molecule has 0 saturated carbocycles. The first-order valence-corrected chi connectivity index (χ1v) is 28.9. The summed E-state index contributed by atoms with van der Waals surface area (Å²) in [5, 5.41) is 33.2. The van der Waals surface area contributed by atoms with Crippen LogP contribution in [0.25, 0.3) is 33.5 Å². The molecule has 40 nitrogen and oxygen atoms in total. The number of fused-ring (bicyclic) bond motifs is 3. The number of nitrogen functional groups attached to an aromatic ring is 3. The lowest BCUT2D eigenvalue weighted by Gasteiger charge is -2.31. The molecule has 9 rings (SSSR count). The molecule has 6 aromatic heterocycles. The Morgan fingerprint density at radius 1 is 0.762 bits per heavy atom. The summed E-state index contributed by atoms with van der Waals surface area (Å²) < 4.78 is 110. The number of methoxy groups -OCH3 is 1. The molecule has 1 amide bonds. The Kier molecular flexibility index (Phi) is 16.4. The highest BCUT2D eigenvalue weighted by atomic mass is 31.3. The van der Waals surface area contributed by atoms with Gasteiger partial charge in [-0.25, -0.2) is 38.2 Å². The Bertz CT molecular complexity index is 3650. The van der Waals surface area contributed by atoms with Gasteiger partial charge < -0.3 is 85.0 Å². The monoisotopic (exact) mass is 1210 g/mol. The van der Waals surface area contributed by atoms with Crippen LogP contribution in [-0.4, -0.2) is 184 Å². The van der Waals surface area contributed by atoms with E-state index in [-0.39, 0.29) is 51.2 Å². The molecule has 9 heterocycles. The molecule has 0 aliphatic carbocycles. The Hall–Kier alpha value is -5.64. The summed E-state index contributed by atoms with van der Waals surface area (Å²) in [7, 11) is -18.5. The maximum Gasteiger partial charge on any atom is 0.490 e. The molecule has 0 spiro atoms. The number of nitrogens with one attached hydrogen (secondary N) is 2. The number of aryl methyl sites for hydroxylation is 1. The van der Waals surface area contributed by atoms with E-state index in [0.29, 0.717) is 0 Å². The van der Waals surface area contributed by atoms with E-state index >= 15 is 0 Å². The van der Waals surface area contributed by atoms with Crippen molar-refractivity contribution in [3.8, 4) is 0 Å². The summed E-state index contributed by atoms with van der Waals surface area (Å²) in [5.41, 5.74) is 15.5. The van der Waals surface area contributed by atoms with Gasteiger partial charge in [0.05, 0.1) is 45.6 Å². The fraction of sp³-hybridized carbons (Fsp3) is 0.556. The van der Waals surface area contributed by atoms with E-state index in [2.05, 4.69) is 48.5 Å². The predicted molar refractivity (Wildman–Crippen MR) is 258 cm³/mol. The molecule has 3 saturated heterocycles. The number of carbonyl (C=O) groups is 1. The number of amides is 1. The zero-order valence-electron chi connectivity index (χ0n) is 41.5. The van der Waals surface area contributed by atoms with Gasteiger partial charge in [0.25, 0.3) is 24.9 Å². The number of aliphatic hydroxyl groups excluding tert-OH is 3. The van der Waals surface area contributed by atoms with E-state index < -0.39 is 148 Å². The summed E-state index contributed by atoms with van der Waals surface area (Å²) in [6.45, 7) is -3.42. The summed E-state index contributed by atoms with van der Waals surface area (Å²) in [5.74, 6) is -2.54. The van der Waals surface area contributed by atoms with Crippen LogP contribution in [0.15, 0.2) is 34.9 Å². The number of hydrogen-bond acceptors (Lipinski definition) is 30. The molecule has 0 aromatic carbocycles. The van der Waals surface area contributed by atoms with Crippen molar-refractivity contribution >= 4 is 88.4 Å². The number of aliphatic hydroxyl groups is 3. The van der Waals surface area contributed by atoms with Gasteiger partial charge in [-0.3, -0.25) is 51.7 Å². The maximum atomic E-state index is 13.6. The van der Waals surface area contributed by atoms with Crippen LogP contribution in [0.4, 0.5) is 17.7 Å². The van der Waals surface area contributed by atoms with Gasteiger partial charge in [0.15, 0.2) is 41.4 Å². The molecule has 0 radical (unpaired) electrons. The largest absolute Gasteiger partial charge is 0.756 e. The minimum absolute atomic E-state index is 0.0114. The number of ether oxygens (including phenoxy) is 4. The number of aromatic amines is 2. The number of nitrogens with two attached hydrogens (primary N) is 3. The topological polar surface area (TPSA) is 565 Å². The summed E-state index contributed by atoms with van der Waals surface area (Å²) in [4.78, 5) is 113. The van der Waals surface area contributed by atoms with Crippen LogP contribution in [-0.2, 0) is 75.8 Å². The normalized spacial score (nSPS) is 29.2. The molecule has 80 heavy (non-hydrogen) atoms. The second-order valence-electron chi connectivity index (χ2n) is 18.1. The lowest BCUT2D eigenvalue weighted by molar-refractivity contribution is -0.745. The fourth-order valence-corrected chi connectivity index (χ4v) is 13.5. The first kappa shape index (κ1) is 59.0. The van der Waals surface area contributed by atoms with Crippen LogP contribution in [0.2, 0.25) is 0 Å². The van der Waals surface area contributed by atoms with Crippen molar-refractivity contribution in [2.24, 2.45) is 13.0 Å². The fourth-order valence-electron chi connectivity index (χ4n) is 9.01. The van der Waals surface area contributed by atoms with Crippen molar-refractivity contribution in [1.82, 2.24) is 58.5 Å². The molecular formula is C36H50N16O24P4. The van der Waals surface area contributed by atoms with Gasteiger partial charge in [-0.1, -0.05) is 4.98 Å². The quantitative estimate of drug-likeness (QED) is 0.0239. The van der Waals surface area contributed by atoms with Crippen molar-refractivity contribution in [2.45, 2.75) is 73.9 Å². The molecule has 0 bridgehead atoms. The van der Waals surface area contributed by atoms with Crippen molar-refractivity contribution in [3.05, 3.63) is 46.0 Å². The SMILES string of the molecule is CO[C@@H]1[C@H](OP(=O)([O-])OC[C@H]2O[C@@H](n3cnc4c(=O)[nH]c(N)nc43)[C@H](O)[C@@H]2O)[C@@H](COP(=O)(O)OP(=O)(O)OP(=O)(O)OC[C@H]2O[C@H]([n+]3cn(C)c4c(=O)[nH]c(N)nc43)[C@H](O)[C@@H]2CC(=O)N(C)C)O[C@H]1n1cnc2c(N)ncnc21. The number of rotatable bonds is 21. The standard InChI is InChI=1S/C36H50N16O24P4/c1-48(2)17(53)5-13-14(71-32(21(13)54)52-12-49(3)20-29(52)45-36(39)47-31(20)58)6-69-78(61,62)75-80(65,66)76-79(63,64)70-8-16-24(25(67-4)34(73-16)50-10-42-18-26(37)40-9-41-27(18)50)74-77(59,60)68-7-15-22(55)23(56)33(72-15)51-11-43-19-28(51)44-35(38)46-30(19)57/h9-16,21-25,32-34,54-56H,5-8H2,1-4H3,(H11-,37,38,39,40,41,44,45,46,47,57,58,59,60,61,62,63,64,65,66)/t13-,14-,15-,16-,21-,22-,23-,24-,25-,32+,33-,34-/m1/s1. The second kappa shape index (κ2) is 22.3. The predicted octanol–water partition coefficient (Wildman–Crippen LogP) is -4.61. The average Bonchev–Trinajstić information content (AvgIpc) is 4.23. The van der Waals surface area contributed by atoms with Crippen LogP contribution in [0.5, 0.6) is 0 Å². The summed E-state index contributed by atoms with van der Waals surface area (Å²) in [6, 6.07) is 0. The Morgan fingerprint density at radius 2 is 1.36 bits per heavy atom. The number of imidazole rings is 3. The smallest absolute Gasteiger partial charge is 0.490 e. The van der Waals surface area contributed by atoms with Crippen LogP contribution in [0.3, 0.4) is 0 Å². The lowest BCUT2D eigenvalue weighted by Crippen LogP contribution is -2.45. The molecule has 3 aliphatic heterocycles. The minimum atomic E-state index is -6.25. The third-order valence-corrected chi connectivity index (χ3v) is 17.9. The van der Waals surface area contributed by atoms with E-state index in [0.717, 1.165) is 30.7 Å². The average molecular weight is 1210 g/mol. The van der Waals surface area contributed by atoms with Crippen molar-refractivity contribution in [3.63, 3.8) is 0 Å². The Morgan fingerprint density at radius 3 is 2.02 bits per heavy atom.